The number of rotatable bonds is 7. The predicted octanol–water partition coefficient (Wildman–Crippen LogP) is 3.79. The fraction of sp³-hybridized carbons (Fsp3) is 1.00. The van der Waals surface area contributed by atoms with Crippen molar-refractivity contribution in [3.63, 3.8) is 0 Å². The standard InChI is InChI=1S/C16H34N2/c1-4-5-9-12-18(14(2)3)16-11-8-6-7-10-15(16)13-17/h14-16H,4-13,17H2,1-3H3. The van der Waals surface area contributed by atoms with Crippen LogP contribution in [0.25, 0.3) is 0 Å². The Kier molecular flexibility index (Phi) is 7.92. The van der Waals surface area contributed by atoms with E-state index in [1.807, 2.05) is 0 Å². The van der Waals surface area contributed by atoms with Gasteiger partial charge in [0.2, 0.25) is 0 Å². The Morgan fingerprint density at radius 3 is 2.44 bits per heavy atom. The summed E-state index contributed by atoms with van der Waals surface area (Å²) in [6.07, 6.45) is 10.9. The van der Waals surface area contributed by atoms with Crippen molar-refractivity contribution in [3.8, 4) is 0 Å². The lowest BCUT2D eigenvalue weighted by atomic mass is 9.92. The Labute approximate surface area is 114 Å². The molecule has 0 amide bonds. The van der Waals surface area contributed by atoms with Crippen LogP contribution in [0.15, 0.2) is 0 Å². The maximum atomic E-state index is 6.03. The predicted molar refractivity (Wildman–Crippen MR) is 80.8 cm³/mol. The average molecular weight is 254 g/mol. The van der Waals surface area contributed by atoms with Gasteiger partial charge in [-0.2, -0.15) is 0 Å². The number of unbranched alkanes of at least 4 members (excludes halogenated alkanes) is 2. The second kappa shape index (κ2) is 8.92. The molecule has 2 atom stereocenters. The van der Waals surface area contributed by atoms with Crippen molar-refractivity contribution in [2.75, 3.05) is 13.1 Å². The molecule has 1 fully saturated rings. The molecule has 1 aliphatic carbocycles. The van der Waals surface area contributed by atoms with E-state index in [-0.39, 0.29) is 0 Å². The zero-order valence-corrected chi connectivity index (χ0v) is 12.8. The maximum absolute atomic E-state index is 6.03. The Morgan fingerprint density at radius 2 is 1.83 bits per heavy atom. The van der Waals surface area contributed by atoms with Crippen LogP contribution >= 0.6 is 0 Å². The molecular weight excluding hydrogens is 220 g/mol. The summed E-state index contributed by atoms with van der Waals surface area (Å²) >= 11 is 0. The van der Waals surface area contributed by atoms with Crippen LogP contribution < -0.4 is 5.73 Å². The average Bonchev–Trinajstić information content (AvgIpc) is 2.59. The summed E-state index contributed by atoms with van der Waals surface area (Å²) in [6.45, 7) is 9.14. The summed E-state index contributed by atoms with van der Waals surface area (Å²) in [4.78, 5) is 2.75. The molecule has 1 saturated carbocycles. The van der Waals surface area contributed by atoms with E-state index in [2.05, 4.69) is 25.7 Å². The van der Waals surface area contributed by atoms with Gasteiger partial charge in [0.25, 0.3) is 0 Å². The van der Waals surface area contributed by atoms with Gasteiger partial charge in [-0.05, 0) is 52.1 Å². The second-order valence-electron chi connectivity index (χ2n) is 6.24. The molecule has 1 rings (SSSR count). The van der Waals surface area contributed by atoms with Gasteiger partial charge < -0.3 is 5.73 Å². The van der Waals surface area contributed by atoms with Crippen molar-refractivity contribution < 1.29 is 0 Å². The van der Waals surface area contributed by atoms with Crippen molar-refractivity contribution in [2.45, 2.75) is 84.2 Å². The van der Waals surface area contributed by atoms with Gasteiger partial charge >= 0.3 is 0 Å². The van der Waals surface area contributed by atoms with Gasteiger partial charge in [-0.15, -0.1) is 0 Å². The lowest BCUT2D eigenvalue weighted by Gasteiger charge is -2.39. The molecule has 0 bridgehead atoms. The molecule has 0 radical (unpaired) electrons. The quantitative estimate of drug-likeness (QED) is 0.553. The Balaban J connectivity index is 2.61. The zero-order chi connectivity index (χ0) is 13.4. The van der Waals surface area contributed by atoms with Gasteiger partial charge in [-0.3, -0.25) is 4.90 Å². The largest absolute Gasteiger partial charge is 0.330 e. The number of hydrogen-bond acceptors (Lipinski definition) is 2. The molecule has 0 aromatic heterocycles. The van der Waals surface area contributed by atoms with Crippen molar-refractivity contribution in [2.24, 2.45) is 11.7 Å². The van der Waals surface area contributed by atoms with Crippen LogP contribution in [0.2, 0.25) is 0 Å². The summed E-state index contributed by atoms with van der Waals surface area (Å²) in [6, 6.07) is 1.41. The minimum absolute atomic E-state index is 0.666. The van der Waals surface area contributed by atoms with E-state index in [9.17, 15) is 0 Å². The van der Waals surface area contributed by atoms with E-state index >= 15 is 0 Å². The number of nitrogens with two attached hydrogens (primary N) is 1. The van der Waals surface area contributed by atoms with Gasteiger partial charge in [0.15, 0.2) is 0 Å². The van der Waals surface area contributed by atoms with E-state index in [1.165, 1.54) is 57.9 Å². The highest BCUT2D eigenvalue weighted by atomic mass is 15.2. The van der Waals surface area contributed by atoms with Crippen molar-refractivity contribution >= 4 is 0 Å². The van der Waals surface area contributed by atoms with Gasteiger partial charge in [-0.1, -0.05) is 39.0 Å². The summed E-state index contributed by atoms with van der Waals surface area (Å²) in [5, 5.41) is 0. The monoisotopic (exact) mass is 254 g/mol. The first-order chi connectivity index (χ1) is 8.70. The molecule has 2 nitrogen and oxygen atoms in total. The van der Waals surface area contributed by atoms with E-state index in [0.29, 0.717) is 6.04 Å². The van der Waals surface area contributed by atoms with E-state index in [0.717, 1.165) is 18.5 Å². The fourth-order valence-corrected chi connectivity index (χ4v) is 3.43. The highest BCUT2D eigenvalue weighted by Crippen LogP contribution is 2.28. The van der Waals surface area contributed by atoms with E-state index in [1.54, 1.807) is 0 Å². The molecule has 2 N–H and O–H groups in total. The molecule has 0 aromatic carbocycles. The molecule has 18 heavy (non-hydrogen) atoms. The third-order valence-electron chi connectivity index (χ3n) is 4.53. The summed E-state index contributed by atoms with van der Waals surface area (Å²) in [5.74, 6) is 0.733. The molecule has 0 saturated heterocycles. The molecule has 2 heteroatoms. The SMILES string of the molecule is CCCCCN(C(C)C)C1CCCCCC1CN. The molecule has 108 valence electrons. The fourth-order valence-electron chi connectivity index (χ4n) is 3.43. The Hall–Kier alpha value is -0.0800. The first-order valence-corrected chi connectivity index (χ1v) is 8.16. The van der Waals surface area contributed by atoms with E-state index in [4.69, 9.17) is 5.73 Å². The normalized spacial score (nSPS) is 25.7. The minimum atomic E-state index is 0.666. The van der Waals surface area contributed by atoms with Gasteiger partial charge in [-0.25, -0.2) is 0 Å². The highest BCUT2D eigenvalue weighted by molar-refractivity contribution is 4.84. The second-order valence-corrected chi connectivity index (χ2v) is 6.24. The van der Waals surface area contributed by atoms with E-state index < -0.39 is 0 Å². The van der Waals surface area contributed by atoms with Gasteiger partial charge in [0.1, 0.15) is 0 Å². The van der Waals surface area contributed by atoms with Crippen LogP contribution in [-0.2, 0) is 0 Å². The van der Waals surface area contributed by atoms with Gasteiger partial charge in [0.05, 0.1) is 0 Å². The van der Waals surface area contributed by atoms with Crippen LogP contribution in [0.1, 0.15) is 72.1 Å². The lowest BCUT2D eigenvalue weighted by molar-refractivity contribution is 0.0997. The topological polar surface area (TPSA) is 29.3 Å². The maximum Gasteiger partial charge on any atom is 0.0138 e. The van der Waals surface area contributed by atoms with Crippen LogP contribution in [0.3, 0.4) is 0 Å². The number of hydrogen-bond donors (Lipinski definition) is 1. The first-order valence-electron chi connectivity index (χ1n) is 8.16. The lowest BCUT2D eigenvalue weighted by Crippen LogP contribution is -2.46. The molecule has 0 aromatic rings. The summed E-state index contributed by atoms with van der Waals surface area (Å²) in [5.41, 5.74) is 6.03. The smallest absolute Gasteiger partial charge is 0.0138 e. The number of nitrogens with zero attached hydrogens (tertiary/aromatic N) is 1. The first kappa shape index (κ1) is 16.0. The van der Waals surface area contributed by atoms with Crippen molar-refractivity contribution in [1.29, 1.82) is 0 Å². The minimum Gasteiger partial charge on any atom is -0.330 e. The molecular formula is C16H34N2. The van der Waals surface area contributed by atoms with Crippen LogP contribution in [-0.4, -0.2) is 30.1 Å². The van der Waals surface area contributed by atoms with Crippen molar-refractivity contribution in [1.82, 2.24) is 4.90 Å². The van der Waals surface area contributed by atoms with Crippen molar-refractivity contribution in [3.05, 3.63) is 0 Å². The molecule has 0 aliphatic heterocycles. The Morgan fingerprint density at radius 1 is 1.11 bits per heavy atom. The molecule has 2 unspecified atom stereocenters. The Bertz CT molecular complexity index is 203. The molecule has 1 aliphatic rings. The van der Waals surface area contributed by atoms with Crippen LogP contribution in [0.4, 0.5) is 0 Å². The van der Waals surface area contributed by atoms with Crippen LogP contribution in [0.5, 0.6) is 0 Å². The third kappa shape index (κ3) is 4.89. The van der Waals surface area contributed by atoms with Crippen LogP contribution in [0, 0.1) is 5.92 Å². The third-order valence-corrected chi connectivity index (χ3v) is 4.53. The highest BCUT2D eigenvalue weighted by Gasteiger charge is 2.29. The zero-order valence-electron chi connectivity index (χ0n) is 12.8. The summed E-state index contributed by atoms with van der Waals surface area (Å²) < 4.78 is 0. The molecule has 0 spiro atoms. The molecule has 0 heterocycles. The van der Waals surface area contributed by atoms with Gasteiger partial charge in [0, 0.05) is 12.1 Å². The summed E-state index contributed by atoms with van der Waals surface area (Å²) in [7, 11) is 0.